The van der Waals surface area contributed by atoms with Crippen molar-refractivity contribution in [1.82, 2.24) is 20.5 Å². The molecule has 0 unspecified atom stereocenters. The summed E-state index contributed by atoms with van der Waals surface area (Å²) < 4.78 is 28.0. The quantitative estimate of drug-likeness (QED) is 0.570. The summed E-state index contributed by atoms with van der Waals surface area (Å²) in [4.78, 5) is 15.7. The number of H-pyrrole nitrogens is 1. The maximum Gasteiger partial charge on any atom is 0.407 e. The van der Waals surface area contributed by atoms with Gasteiger partial charge in [0.25, 0.3) is 0 Å². The Morgan fingerprint density at radius 1 is 1.32 bits per heavy atom. The van der Waals surface area contributed by atoms with Crippen LogP contribution in [0.15, 0.2) is 29.3 Å². The summed E-state index contributed by atoms with van der Waals surface area (Å²) in [5, 5.41) is 18.0. The summed E-state index contributed by atoms with van der Waals surface area (Å²) in [6, 6.07) is 4.80. The van der Waals surface area contributed by atoms with E-state index in [2.05, 4.69) is 25.8 Å². The van der Waals surface area contributed by atoms with Crippen molar-refractivity contribution >= 4 is 27.8 Å². The Kier molecular flexibility index (Phi) is 5.84. The van der Waals surface area contributed by atoms with E-state index in [1.54, 1.807) is 0 Å². The van der Waals surface area contributed by atoms with Crippen LogP contribution in [0.3, 0.4) is 0 Å². The van der Waals surface area contributed by atoms with Crippen molar-refractivity contribution in [3.8, 4) is 0 Å². The third kappa shape index (κ3) is 5.20. The number of nitrogens with one attached hydrogen (secondary N) is 3. The number of hydrogen-bond acceptors (Lipinski definition) is 7. The molecule has 2 heterocycles. The number of primary sulfonamides is 1. The van der Waals surface area contributed by atoms with Crippen LogP contribution >= 0.6 is 0 Å². The predicted octanol–water partition coefficient (Wildman–Crippen LogP) is 1.97. The topological polar surface area (TPSA) is 152 Å². The van der Waals surface area contributed by atoms with Gasteiger partial charge in [-0.3, -0.25) is 5.10 Å². The zero-order valence-electron chi connectivity index (χ0n) is 15.7. The molecule has 1 aliphatic rings. The van der Waals surface area contributed by atoms with Crippen LogP contribution in [0.2, 0.25) is 0 Å². The maximum absolute atomic E-state index is 11.7. The molecule has 0 saturated heterocycles. The fourth-order valence-electron chi connectivity index (χ4n) is 3.11. The minimum Gasteiger partial charge on any atom is -0.446 e. The number of carbonyl (C=O) groups excluding carboxylic acids is 1. The highest BCUT2D eigenvalue weighted by molar-refractivity contribution is 7.89. The molecule has 1 aliphatic carbocycles. The van der Waals surface area contributed by atoms with Crippen LogP contribution < -0.4 is 15.8 Å². The second-order valence-corrected chi connectivity index (χ2v) is 8.66. The van der Waals surface area contributed by atoms with Crippen molar-refractivity contribution in [1.29, 1.82) is 0 Å². The Morgan fingerprint density at radius 3 is 2.75 bits per heavy atom. The van der Waals surface area contributed by atoms with Crippen LogP contribution in [0.5, 0.6) is 0 Å². The minimum absolute atomic E-state index is 0.0403. The number of aromatic amines is 1. The van der Waals surface area contributed by atoms with E-state index in [9.17, 15) is 13.2 Å². The first kappa shape index (κ1) is 20.1. The first-order valence-corrected chi connectivity index (χ1v) is 10.5. The minimum atomic E-state index is -3.77. The molecule has 0 radical (unpaired) electrons. The van der Waals surface area contributed by atoms with Gasteiger partial charge in [0.1, 0.15) is 16.8 Å². The molecule has 0 aromatic carbocycles. The van der Waals surface area contributed by atoms with Gasteiger partial charge in [-0.2, -0.15) is 5.10 Å². The molecule has 3 rings (SSSR count). The Bertz CT molecular complexity index is 925. The zero-order valence-corrected chi connectivity index (χ0v) is 16.5. The molecule has 1 saturated carbocycles. The number of aromatic nitrogens is 3. The number of nitrogens with two attached hydrogens (primary N) is 1. The second kappa shape index (κ2) is 8.15. The van der Waals surface area contributed by atoms with E-state index in [0.717, 1.165) is 25.0 Å². The van der Waals surface area contributed by atoms with Gasteiger partial charge in [0.15, 0.2) is 5.82 Å². The van der Waals surface area contributed by atoms with Gasteiger partial charge < -0.3 is 15.4 Å². The number of nitrogens with zero attached hydrogens (tertiary/aromatic N) is 2. The predicted molar refractivity (Wildman–Crippen MR) is 103 cm³/mol. The third-order valence-electron chi connectivity index (χ3n) is 4.42. The first-order valence-electron chi connectivity index (χ1n) is 8.99. The molecular weight excluding hydrogens is 384 g/mol. The Balaban J connectivity index is 1.56. The van der Waals surface area contributed by atoms with E-state index in [1.807, 2.05) is 19.9 Å². The zero-order chi connectivity index (χ0) is 20.3. The highest BCUT2D eigenvalue weighted by Gasteiger charge is 2.30. The average Bonchev–Trinajstić information content (AvgIpc) is 3.23. The first-order chi connectivity index (χ1) is 13.2. The molecule has 152 valence electrons. The lowest BCUT2D eigenvalue weighted by Gasteiger charge is -2.14. The molecule has 10 nitrogen and oxygen atoms in total. The van der Waals surface area contributed by atoms with E-state index >= 15 is 0 Å². The van der Waals surface area contributed by atoms with E-state index in [4.69, 9.17) is 9.88 Å². The number of sulfonamides is 1. The van der Waals surface area contributed by atoms with Gasteiger partial charge in [-0.25, -0.2) is 23.3 Å². The number of amides is 1. The van der Waals surface area contributed by atoms with Crippen LogP contribution in [0.25, 0.3) is 0 Å². The van der Waals surface area contributed by atoms with E-state index in [0.29, 0.717) is 11.6 Å². The van der Waals surface area contributed by atoms with Gasteiger partial charge in [-0.15, -0.1) is 0 Å². The molecule has 0 spiro atoms. The number of anilines is 2. The van der Waals surface area contributed by atoms with Crippen molar-refractivity contribution in [3.05, 3.63) is 30.1 Å². The molecule has 28 heavy (non-hydrogen) atoms. The molecule has 5 N–H and O–H groups in total. The lowest BCUT2D eigenvalue weighted by molar-refractivity contribution is 0.0981. The van der Waals surface area contributed by atoms with Gasteiger partial charge in [-0.05, 0) is 45.2 Å². The number of hydrogen-bond donors (Lipinski definition) is 4. The molecule has 2 aromatic rings. The van der Waals surface area contributed by atoms with Crippen molar-refractivity contribution in [3.63, 3.8) is 0 Å². The summed E-state index contributed by atoms with van der Waals surface area (Å²) in [6.45, 7) is 3.77. The number of rotatable bonds is 6. The fraction of sp³-hybridized carbons (Fsp3) is 0.471. The van der Waals surface area contributed by atoms with Crippen LogP contribution in [0.4, 0.5) is 16.4 Å². The number of carbonyl (C=O) groups is 1. The standard InChI is InChI=1S/C17H24N6O4S/c1-10(2)20-17(24)27-12-4-3-11(7-12)14-8-16(23-22-14)21-15-6-5-13(9-19-15)28(18,25)26/h5-6,8-12H,3-4,7H2,1-2H3,(H,20,24)(H2,18,25,26)(H2,19,21,22,23)/t11-,12+/m1/s1. The molecule has 0 aliphatic heterocycles. The number of alkyl carbamates (subject to hydrolysis) is 1. The van der Waals surface area contributed by atoms with Crippen molar-refractivity contribution in [2.24, 2.45) is 5.14 Å². The summed E-state index contributed by atoms with van der Waals surface area (Å²) >= 11 is 0. The normalized spacial score (nSPS) is 19.6. The van der Waals surface area contributed by atoms with Gasteiger partial charge in [0.2, 0.25) is 10.0 Å². The van der Waals surface area contributed by atoms with Gasteiger partial charge in [0.05, 0.1) is 0 Å². The van der Waals surface area contributed by atoms with Crippen LogP contribution in [-0.4, -0.2) is 41.8 Å². The van der Waals surface area contributed by atoms with Crippen LogP contribution in [-0.2, 0) is 14.8 Å². The number of pyridine rings is 1. The highest BCUT2D eigenvalue weighted by atomic mass is 32.2. The number of ether oxygens (including phenoxy) is 1. The molecule has 11 heteroatoms. The van der Waals surface area contributed by atoms with Crippen molar-refractivity contribution < 1.29 is 17.9 Å². The third-order valence-corrected chi connectivity index (χ3v) is 5.32. The Hall–Kier alpha value is -2.66. The molecular formula is C17H24N6O4S. The van der Waals surface area contributed by atoms with Gasteiger partial charge >= 0.3 is 6.09 Å². The monoisotopic (exact) mass is 408 g/mol. The lowest BCUT2D eigenvalue weighted by Crippen LogP contribution is -2.33. The largest absolute Gasteiger partial charge is 0.446 e. The summed E-state index contributed by atoms with van der Waals surface area (Å²) in [5.74, 6) is 1.23. The van der Waals surface area contributed by atoms with Crippen molar-refractivity contribution in [2.75, 3.05) is 5.32 Å². The highest BCUT2D eigenvalue weighted by Crippen LogP contribution is 2.36. The van der Waals surface area contributed by atoms with Crippen LogP contribution in [0, 0.1) is 0 Å². The van der Waals surface area contributed by atoms with Crippen LogP contribution in [0.1, 0.15) is 44.7 Å². The van der Waals surface area contributed by atoms with E-state index in [1.165, 1.54) is 18.3 Å². The van der Waals surface area contributed by atoms with Crippen molar-refractivity contribution in [2.45, 2.75) is 56.1 Å². The Morgan fingerprint density at radius 2 is 2.11 bits per heavy atom. The van der Waals surface area contributed by atoms with E-state index < -0.39 is 10.0 Å². The molecule has 0 bridgehead atoms. The van der Waals surface area contributed by atoms with Gasteiger partial charge in [-0.1, -0.05) is 0 Å². The smallest absolute Gasteiger partial charge is 0.407 e. The lowest BCUT2D eigenvalue weighted by atomic mass is 10.0. The maximum atomic E-state index is 11.7. The molecule has 1 amide bonds. The summed E-state index contributed by atoms with van der Waals surface area (Å²) in [5.41, 5.74) is 0.944. The summed E-state index contributed by atoms with van der Waals surface area (Å²) in [6.07, 6.45) is 3.11. The molecule has 1 fully saturated rings. The summed E-state index contributed by atoms with van der Waals surface area (Å²) in [7, 11) is -3.77. The Labute approximate surface area is 163 Å². The molecule has 2 aromatic heterocycles. The fourth-order valence-corrected chi connectivity index (χ4v) is 3.57. The molecule has 2 atom stereocenters. The second-order valence-electron chi connectivity index (χ2n) is 7.09. The van der Waals surface area contributed by atoms with E-state index in [-0.39, 0.29) is 29.1 Å². The average molecular weight is 408 g/mol. The van der Waals surface area contributed by atoms with Gasteiger partial charge in [0, 0.05) is 29.9 Å². The SMILES string of the molecule is CC(C)NC(=O)O[C@H]1CC[C@@H](c2cc(Nc3ccc(S(N)(=O)=O)cn3)n[nH]2)C1.